The van der Waals surface area contributed by atoms with Gasteiger partial charge in [0.2, 0.25) is 5.91 Å². The summed E-state index contributed by atoms with van der Waals surface area (Å²) in [6.45, 7) is 2.07. The van der Waals surface area contributed by atoms with E-state index in [9.17, 15) is 19.2 Å². The monoisotopic (exact) mass is 419 g/mol. The number of esters is 3. The van der Waals surface area contributed by atoms with E-state index in [1.54, 1.807) is 37.3 Å². The van der Waals surface area contributed by atoms with Crippen molar-refractivity contribution in [3.05, 3.63) is 52.6 Å². The third-order valence-corrected chi connectivity index (χ3v) is 4.77. The first kappa shape index (κ1) is 22.2. The number of benzene rings is 1. The zero-order valence-electron chi connectivity index (χ0n) is 16.1. The number of carbonyl (C=O) groups excluding carboxylic acids is 4. The topological polar surface area (TPSA) is 99.2 Å². The predicted molar refractivity (Wildman–Crippen MR) is 107 cm³/mol. The van der Waals surface area contributed by atoms with Crippen LogP contribution < -0.4 is 0 Å². The highest BCUT2D eigenvalue weighted by atomic mass is 32.2. The highest BCUT2D eigenvalue weighted by Crippen LogP contribution is 2.28. The van der Waals surface area contributed by atoms with Crippen molar-refractivity contribution < 1.29 is 33.4 Å². The molecule has 0 unspecified atom stereocenters. The molecule has 0 bridgehead atoms. The Morgan fingerprint density at radius 2 is 1.86 bits per heavy atom. The van der Waals surface area contributed by atoms with Crippen LogP contribution in [-0.4, -0.2) is 61.3 Å². The minimum absolute atomic E-state index is 0.0169. The molecule has 0 spiro atoms. The van der Waals surface area contributed by atoms with Crippen LogP contribution in [0, 0.1) is 0 Å². The Balaban J connectivity index is 1.84. The summed E-state index contributed by atoms with van der Waals surface area (Å²) in [5, 5.41) is 0.478. The number of nitrogens with zero attached hydrogens (tertiary/aromatic N) is 1. The lowest BCUT2D eigenvalue weighted by molar-refractivity contribution is -0.140. The Morgan fingerprint density at radius 1 is 1.14 bits per heavy atom. The van der Waals surface area contributed by atoms with E-state index in [1.165, 1.54) is 35.9 Å². The van der Waals surface area contributed by atoms with Crippen molar-refractivity contribution in [2.24, 2.45) is 0 Å². The van der Waals surface area contributed by atoms with Crippen LogP contribution in [0.15, 0.2) is 41.4 Å². The van der Waals surface area contributed by atoms with Gasteiger partial charge in [-0.1, -0.05) is 23.9 Å². The molecule has 1 heterocycles. The summed E-state index contributed by atoms with van der Waals surface area (Å²) >= 11 is 1.23. The predicted octanol–water partition coefficient (Wildman–Crippen LogP) is 2.01. The second-order valence-electron chi connectivity index (χ2n) is 5.68. The number of amides is 1. The first-order valence-electron chi connectivity index (χ1n) is 8.79. The highest BCUT2D eigenvalue weighted by Gasteiger charge is 2.27. The fourth-order valence-corrected chi connectivity index (χ4v) is 3.31. The maximum atomic E-state index is 11.9. The van der Waals surface area contributed by atoms with Crippen molar-refractivity contribution in [2.45, 2.75) is 6.92 Å². The van der Waals surface area contributed by atoms with Crippen molar-refractivity contribution in [3.8, 4) is 0 Å². The molecule has 1 aromatic rings. The molecule has 29 heavy (non-hydrogen) atoms. The van der Waals surface area contributed by atoms with Crippen molar-refractivity contribution in [3.63, 3.8) is 0 Å². The second kappa shape index (κ2) is 11.1. The molecule has 2 rings (SSSR count). The lowest BCUT2D eigenvalue weighted by atomic mass is 10.1. The molecular weight excluding hydrogens is 398 g/mol. The fraction of sp³-hybridized carbons (Fsp3) is 0.300. The summed E-state index contributed by atoms with van der Waals surface area (Å²) in [7, 11) is 1.30. The third-order valence-electron chi connectivity index (χ3n) is 3.74. The summed E-state index contributed by atoms with van der Waals surface area (Å²) in [6.07, 6.45) is 4.06. The average molecular weight is 419 g/mol. The van der Waals surface area contributed by atoms with Gasteiger partial charge in [-0.05, 0) is 30.7 Å². The molecule has 1 aliphatic heterocycles. The van der Waals surface area contributed by atoms with Crippen LogP contribution >= 0.6 is 11.8 Å². The number of hydrogen-bond donors (Lipinski definition) is 0. The van der Waals surface area contributed by atoms with E-state index in [4.69, 9.17) is 9.47 Å². The molecule has 0 atom stereocenters. The Morgan fingerprint density at radius 3 is 2.52 bits per heavy atom. The summed E-state index contributed by atoms with van der Waals surface area (Å²) in [6, 6.07) is 6.51. The summed E-state index contributed by atoms with van der Waals surface area (Å²) in [5.74, 6) is -1.47. The highest BCUT2D eigenvalue weighted by molar-refractivity contribution is 8.04. The largest absolute Gasteiger partial charge is 0.465 e. The molecule has 1 fully saturated rings. The Kier molecular flexibility index (Phi) is 8.47. The Hall–Kier alpha value is -3.07. The van der Waals surface area contributed by atoms with Gasteiger partial charge in [-0.3, -0.25) is 4.79 Å². The van der Waals surface area contributed by atoms with Crippen molar-refractivity contribution in [1.29, 1.82) is 0 Å². The molecule has 1 amide bonds. The first-order chi connectivity index (χ1) is 13.9. The van der Waals surface area contributed by atoms with E-state index in [1.807, 2.05) is 0 Å². The molecule has 8 nitrogen and oxygen atoms in total. The molecule has 0 N–H and O–H groups in total. The number of ether oxygens (including phenoxy) is 3. The molecule has 154 valence electrons. The Labute approximate surface area is 172 Å². The minimum Gasteiger partial charge on any atom is -0.465 e. The Bertz CT molecular complexity index is 830. The minimum atomic E-state index is -0.572. The summed E-state index contributed by atoms with van der Waals surface area (Å²) in [4.78, 5) is 48.1. The number of methoxy groups -OCH3 is 1. The normalized spacial score (nSPS) is 15.0. The first-order valence-corrected chi connectivity index (χ1v) is 9.78. The van der Waals surface area contributed by atoms with Gasteiger partial charge in [0.05, 0.1) is 42.7 Å². The number of carbonyl (C=O) groups is 4. The average Bonchev–Trinajstić information content (AvgIpc) is 3.05. The van der Waals surface area contributed by atoms with Crippen LogP contribution in [0.1, 0.15) is 22.8 Å². The number of thioether (sulfide) groups is 1. The van der Waals surface area contributed by atoms with Gasteiger partial charge < -0.3 is 19.1 Å². The van der Waals surface area contributed by atoms with Crippen molar-refractivity contribution in [1.82, 2.24) is 4.90 Å². The standard InChI is InChI=1S/C20H21NO7S/c1-3-27-19(24)12-17-21(16(22)13-29-17)10-11-28-18(23)9-6-14-4-7-15(8-5-14)20(25)26-2/h4-9,12H,3,10-11,13H2,1-2H3/b9-6+,17-12-. The van der Waals surface area contributed by atoms with E-state index < -0.39 is 17.9 Å². The van der Waals surface area contributed by atoms with Crippen molar-refractivity contribution in [2.75, 3.05) is 32.6 Å². The fourth-order valence-electron chi connectivity index (χ4n) is 2.35. The van der Waals surface area contributed by atoms with Gasteiger partial charge in [0.15, 0.2) is 0 Å². The van der Waals surface area contributed by atoms with Gasteiger partial charge >= 0.3 is 17.9 Å². The summed E-state index contributed by atoms with van der Waals surface area (Å²) < 4.78 is 14.6. The van der Waals surface area contributed by atoms with Gasteiger partial charge in [0.25, 0.3) is 0 Å². The van der Waals surface area contributed by atoms with Crippen LogP contribution in [0.3, 0.4) is 0 Å². The van der Waals surface area contributed by atoms with E-state index in [0.29, 0.717) is 16.2 Å². The second-order valence-corrected chi connectivity index (χ2v) is 6.68. The van der Waals surface area contributed by atoms with E-state index in [2.05, 4.69) is 4.74 Å². The molecular formula is C20H21NO7S. The van der Waals surface area contributed by atoms with Crippen molar-refractivity contribution >= 4 is 41.7 Å². The maximum Gasteiger partial charge on any atom is 0.337 e. The number of rotatable bonds is 8. The molecule has 1 aliphatic rings. The van der Waals surface area contributed by atoms with Crippen LogP contribution in [0.5, 0.6) is 0 Å². The lowest BCUT2D eigenvalue weighted by Gasteiger charge is -2.16. The van der Waals surface area contributed by atoms with Gasteiger partial charge in [0.1, 0.15) is 6.61 Å². The van der Waals surface area contributed by atoms with Crippen LogP contribution in [0.4, 0.5) is 0 Å². The zero-order chi connectivity index (χ0) is 21.2. The quantitative estimate of drug-likeness (QED) is 0.358. The molecule has 1 saturated heterocycles. The maximum absolute atomic E-state index is 11.9. The number of hydrogen-bond acceptors (Lipinski definition) is 8. The molecule has 1 aromatic carbocycles. The van der Waals surface area contributed by atoms with Gasteiger partial charge in [-0.25, -0.2) is 14.4 Å². The van der Waals surface area contributed by atoms with Gasteiger partial charge in [0, 0.05) is 6.08 Å². The molecule has 0 saturated carbocycles. The van der Waals surface area contributed by atoms with Crippen LogP contribution in [-0.2, 0) is 28.6 Å². The third kappa shape index (κ3) is 6.79. The van der Waals surface area contributed by atoms with Gasteiger partial charge in [-0.2, -0.15) is 0 Å². The van der Waals surface area contributed by atoms with E-state index >= 15 is 0 Å². The summed E-state index contributed by atoms with van der Waals surface area (Å²) in [5.41, 5.74) is 1.12. The van der Waals surface area contributed by atoms with E-state index in [-0.39, 0.29) is 31.4 Å². The SMILES string of the molecule is CCOC(=O)/C=C1\SCC(=O)N1CCOC(=O)/C=C/c1ccc(C(=O)OC)cc1. The zero-order valence-corrected chi connectivity index (χ0v) is 16.9. The lowest BCUT2D eigenvalue weighted by Crippen LogP contribution is -2.29. The smallest absolute Gasteiger partial charge is 0.337 e. The van der Waals surface area contributed by atoms with Crippen LogP contribution in [0.25, 0.3) is 6.08 Å². The van der Waals surface area contributed by atoms with Crippen LogP contribution in [0.2, 0.25) is 0 Å². The molecule has 0 aromatic heterocycles. The molecule has 0 aliphatic carbocycles. The molecule has 9 heteroatoms. The van der Waals surface area contributed by atoms with E-state index in [0.717, 1.165) is 0 Å². The van der Waals surface area contributed by atoms with Gasteiger partial charge in [-0.15, -0.1) is 0 Å². The molecule has 0 radical (unpaired) electrons.